The monoisotopic (exact) mass is 438 g/mol. The fourth-order valence-corrected chi connectivity index (χ4v) is 4.28. The molecule has 1 aliphatic rings. The van der Waals surface area contributed by atoms with Crippen LogP contribution in [0.1, 0.15) is 23.6 Å². The lowest BCUT2D eigenvalue weighted by atomic mass is 9.98. The second kappa shape index (κ2) is 10.7. The van der Waals surface area contributed by atoms with E-state index in [4.69, 9.17) is 0 Å². The van der Waals surface area contributed by atoms with Gasteiger partial charge in [0.25, 0.3) is 0 Å². The first kappa shape index (κ1) is 22.6. The van der Waals surface area contributed by atoms with Crippen LogP contribution in [0, 0.1) is 0 Å². The van der Waals surface area contributed by atoms with Crippen LogP contribution in [0.3, 0.4) is 0 Å². The van der Waals surface area contributed by atoms with E-state index in [9.17, 15) is 4.79 Å². The normalized spacial score (nSPS) is 17.2. The third kappa shape index (κ3) is 5.41. The second-order valence-corrected chi connectivity index (χ2v) is 7.67. The number of fused-ring (bicyclic) bond motifs is 1. The number of H-pyrrole nitrogens is 1. The first-order valence-electron chi connectivity index (χ1n) is 8.88. The molecule has 5 nitrogen and oxygen atoms in total. The number of halogens is 2. The van der Waals surface area contributed by atoms with E-state index in [1.54, 1.807) is 6.33 Å². The van der Waals surface area contributed by atoms with Gasteiger partial charge >= 0.3 is 0 Å². The van der Waals surface area contributed by atoms with Crippen molar-refractivity contribution in [3.63, 3.8) is 0 Å². The Morgan fingerprint density at radius 2 is 2.00 bits per heavy atom. The van der Waals surface area contributed by atoms with Gasteiger partial charge < -0.3 is 15.6 Å². The van der Waals surface area contributed by atoms with Gasteiger partial charge in [0.2, 0.25) is 5.91 Å². The summed E-state index contributed by atoms with van der Waals surface area (Å²) in [5.41, 5.74) is 4.02. The molecule has 4 rings (SSSR count). The Labute approximate surface area is 181 Å². The Hall–Kier alpha value is -1.73. The van der Waals surface area contributed by atoms with Gasteiger partial charge in [-0.05, 0) is 23.3 Å². The molecule has 1 aliphatic heterocycles. The average Bonchev–Trinajstić information content (AvgIpc) is 3.15. The van der Waals surface area contributed by atoms with Crippen LogP contribution in [0.4, 0.5) is 0 Å². The third-order valence-corrected chi connectivity index (χ3v) is 5.78. The van der Waals surface area contributed by atoms with Gasteiger partial charge in [-0.3, -0.25) is 4.79 Å². The number of hydrogen-bond acceptors (Lipinski definition) is 4. The number of carbonyl (C=O) groups excluding carboxylic acids is 1. The molecule has 2 heterocycles. The summed E-state index contributed by atoms with van der Waals surface area (Å²) in [7, 11) is 0. The Morgan fingerprint density at radius 3 is 2.75 bits per heavy atom. The van der Waals surface area contributed by atoms with E-state index in [1.165, 1.54) is 0 Å². The van der Waals surface area contributed by atoms with Crippen molar-refractivity contribution in [2.24, 2.45) is 0 Å². The predicted molar refractivity (Wildman–Crippen MR) is 121 cm³/mol. The molecular formula is C20H24Cl2N4OS. The van der Waals surface area contributed by atoms with Crippen LogP contribution in [0.2, 0.25) is 0 Å². The molecule has 2 aromatic carbocycles. The molecule has 0 spiro atoms. The summed E-state index contributed by atoms with van der Waals surface area (Å²) in [4.78, 5) is 20.1. The molecule has 28 heavy (non-hydrogen) atoms. The Kier molecular flexibility index (Phi) is 8.63. The zero-order valence-electron chi connectivity index (χ0n) is 15.3. The summed E-state index contributed by atoms with van der Waals surface area (Å²) >= 11 is 1.91. The van der Waals surface area contributed by atoms with Crippen LogP contribution in [-0.4, -0.2) is 40.0 Å². The zero-order chi connectivity index (χ0) is 17.8. The van der Waals surface area contributed by atoms with Gasteiger partial charge in [-0.15, -0.1) is 24.8 Å². The highest BCUT2D eigenvalue weighted by Crippen LogP contribution is 2.25. The number of carbonyl (C=O) groups is 1. The maximum absolute atomic E-state index is 12.7. The highest BCUT2D eigenvalue weighted by atomic mass is 35.5. The minimum Gasteiger partial charge on any atom is -0.345 e. The molecule has 3 aromatic rings. The number of aromatic amines is 1. The summed E-state index contributed by atoms with van der Waals surface area (Å²) in [5, 5.41) is 6.66. The first-order valence-corrected chi connectivity index (χ1v) is 10.0. The second-order valence-electron chi connectivity index (χ2n) is 6.52. The Morgan fingerprint density at radius 1 is 1.18 bits per heavy atom. The molecule has 2 unspecified atom stereocenters. The van der Waals surface area contributed by atoms with Crippen molar-refractivity contribution in [1.82, 2.24) is 20.6 Å². The zero-order valence-corrected chi connectivity index (χ0v) is 17.7. The maximum Gasteiger partial charge on any atom is 0.222 e. The molecule has 8 heteroatoms. The van der Waals surface area contributed by atoms with Crippen molar-refractivity contribution in [2.45, 2.75) is 18.5 Å². The number of aromatic nitrogens is 2. The Bertz CT molecular complexity index is 884. The van der Waals surface area contributed by atoms with Crippen LogP contribution in [-0.2, 0) is 4.79 Å². The highest BCUT2D eigenvalue weighted by molar-refractivity contribution is 7.99. The largest absolute Gasteiger partial charge is 0.345 e. The lowest BCUT2D eigenvalue weighted by molar-refractivity contribution is -0.122. The van der Waals surface area contributed by atoms with Crippen LogP contribution in [0.5, 0.6) is 0 Å². The summed E-state index contributed by atoms with van der Waals surface area (Å²) in [5.74, 6) is 2.18. The van der Waals surface area contributed by atoms with Crippen molar-refractivity contribution in [1.29, 1.82) is 0 Å². The minimum absolute atomic E-state index is 0. The van der Waals surface area contributed by atoms with Gasteiger partial charge in [-0.25, -0.2) is 4.98 Å². The predicted octanol–water partition coefficient (Wildman–Crippen LogP) is 3.71. The number of nitrogens with one attached hydrogen (secondary N) is 3. The lowest BCUT2D eigenvalue weighted by Gasteiger charge is -2.25. The van der Waals surface area contributed by atoms with Crippen molar-refractivity contribution in [3.8, 4) is 0 Å². The number of thioether (sulfide) groups is 1. The van der Waals surface area contributed by atoms with E-state index >= 15 is 0 Å². The molecule has 0 saturated carbocycles. The fraction of sp³-hybridized carbons (Fsp3) is 0.300. The number of hydrogen-bond donors (Lipinski definition) is 3. The van der Waals surface area contributed by atoms with E-state index in [2.05, 4.69) is 38.8 Å². The fourth-order valence-electron chi connectivity index (χ4n) is 3.33. The summed E-state index contributed by atoms with van der Waals surface area (Å²) in [6, 6.07) is 16.3. The first-order chi connectivity index (χ1) is 12.8. The SMILES string of the molecule is Cl.Cl.O=C(CC1CSCCN1)NC(c1ccccc1)c1ccc2nc[nH]c2c1. The van der Waals surface area contributed by atoms with E-state index < -0.39 is 0 Å². The highest BCUT2D eigenvalue weighted by Gasteiger charge is 2.21. The van der Waals surface area contributed by atoms with Gasteiger partial charge in [0.05, 0.1) is 23.4 Å². The number of benzene rings is 2. The molecule has 3 N–H and O–H groups in total. The molecule has 0 bridgehead atoms. The summed E-state index contributed by atoms with van der Waals surface area (Å²) in [6.45, 7) is 0.973. The van der Waals surface area contributed by atoms with Crippen LogP contribution >= 0.6 is 36.6 Å². The molecule has 0 aliphatic carbocycles. The molecule has 150 valence electrons. The smallest absolute Gasteiger partial charge is 0.222 e. The molecule has 1 saturated heterocycles. The van der Waals surface area contributed by atoms with Gasteiger partial charge in [0, 0.05) is 30.5 Å². The molecule has 1 amide bonds. The van der Waals surface area contributed by atoms with Crippen molar-refractivity contribution >= 4 is 53.5 Å². The minimum atomic E-state index is -0.173. The molecule has 1 aromatic heterocycles. The van der Waals surface area contributed by atoms with Crippen LogP contribution in [0.25, 0.3) is 11.0 Å². The lowest BCUT2D eigenvalue weighted by Crippen LogP contribution is -2.42. The molecule has 0 radical (unpaired) electrons. The van der Waals surface area contributed by atoms with Crippen molar-refractivity contribution in [2.75, 3.05) is 18.1 Å². The quantitative estimate of drug-likeness (QED) is 0.567. The Balaban J connectivity index is 0.00000140. The van der Waals surface area contributed by atoms with Gasteiger partial charge in [0.15, 0.2) is 0 Å². The van der Waals surface area contributed by atoms with E-state index in [0.29, 0.717) is 6.42 Å². The van der Waals surface area contributed by atoms with Gasteiger partial charge in [-0.2, -0.15) is 11.8 Å². The van der Waals surface area contributed by atoms with Crippen LogP contribution < -0.4 is 10.6 Å². The van der Waals surface area contributed by atoms with Crippen molar-refractivity contribution in [3.05, 3.63) is 66.0 Å². The molecule has 2 atom stereocenters. The molecular weight excluding hydrogens is 415 g/mol. The maximum atomic E-state index is 12.7. The number of imidazole rings is 1. The summed E-state index contributed by atoms with van der Waals surface area (Å²) in [6.07, 6.45) is 2.19. The van der Waals surface area contributed by atoms with Gasteiger partial charge in [0.1, 0.15) is 0 Å². The van der Waals surface area contributed by atoms with Crippen molar-refractivity contribution < 1.29 is 4.79 Å². The number of amides is 1. The van der Waals surface area contributed by atoms with E-state index in [-0.39, 0.29) is 42.8 Å². The number of nitrogens with zero attached hydrogens (tertiary/aromatic N) is 1. The standard InChI is InChI=1S/C20H22N4OS.2ClH/c25-19(11-16-12-26-9-8-21-16)24-20(14-4-2-1-3-5-14)15-6-7-17-18(10-15)23-13-22-17;;/h1-7,10,13,16,20-21H,8-9,11-12H2,(H,22,23)(H,24,25);2*1H. The van der Waals surface area contributed by atoms with Gasteiger partial charge in [-0.1, -0.05) is 36.4 Å². The van der Waals surface area contributed by atoms with E-state index in [0.717, 1.165) is 40.2 Å². The number of rotatable bonds is 5. The van der Waals surface area contributed by atoms with E-state index in [1.807, 2.05) is 42.1 Å². The molecule has 1 fully saturated rings. The van der Waals surface area contributed by atoms with Crippen LogP contribution in [0.15, 0.2) is 54.9 Å². The third-order valence-electron chi connectivity index (χ3n) is 4.65. The average molecular weight is 439 g/mol. The topological polar surface area (TPSA) is 69.8 Å². The summed E-state index contributed by atoms with van der Waals surface area (Å²) < 4.78 is 0.